The molecule has 0 aliphatic heterocycles. The second kappa shape index (κ2) is 9.98. The molecule has 3 aromatic carbocycles. The van der Waals surface area contributed by atoms with Gasteiger partial charge in [-0.3, -0.25) is 0 Å². The highest BCUT2D eigenvalue weighted by Crippen LogP contribution is 2.50. The van der Waals surface area contributed by atoms with Crippen LogP contribution in [0.4, 0.5) is 81.6 Å². The molecule has 0 aromatic heterocycles. The van der Waals surface area contributed by atoms with Gasteiger partial charge in [-0.2, -0.15) is 48.3 Å². The number of ether oxygens (including phenoxy) is 2. The van der Waals surface area contributed by atoms with E-state index >= 15 is 0 Å². The van der Waals surface area contributed by atoms with Crippen LogP contribution in [0.15, 0.2) is 12.1 Å². The molecular formula is C21H6F16N2O2. The summed E-state index contributed by atoms with van der Waals surface area (Å²) >= 11 is 0. The Morgan fingerprint density at radius 2 is 0.829 bits per heavy atom. The predicted molar refractivity (Wildman–Crippen MR) is 103 cm³/mol. The van der Waals surface area contributed by atoms with Gasteiger partial charge in [-0.1, -0.05) is 0 Å². The van der Waals surface area contributed by atoms with Crippen LogP contribution < -0.4 is 20.9 Å². The second-order valence-corrected chi connectivity index (χ2v) is 7.60. The molecule has 3 rings (SSSR count). The molecule has 4 N–H and O–H groups in total. The fourth-order valence-electron chi connectivity index (χ4n) is 3.21. The van der Waals surface area contributed by atoms with E-state index in [0.29, 0.717) is 0 Å². The van der Waals surface area contributed by atoms with Gasteiger partial charge in [0.2, 0.25) is 11.6 Å². The summed E-state index contributed by atoms with van der Waals surface area (Å²) in [7, 11) is 0. The minimum absolute atomic E-state index is 0.535. The minimum atomic E-state index is -5.96. The molecule has 0 saturated carbocycles. The number of nitrogens with two attached hydrogens (primary N) is 2. The van der Waals surface area contributed by atoms with Crippen LogP contribution in [0, 0.1) is 40.7 Å². The van der Waals surface area contributed by atoms with Gasteiger partial charge in [0.25, 0.3) is 0 Å². The molecule has 0 bridgehead atoms. The molecule has 0 fully saturated rings. The van der Waals surface area contributed by atoms with Crippen LogP contribution in [0.5, 0.6) is 23.0 Å². The van der Waals surface area contributed by atoms with Crippen LogP contribution in [0.1, 0.15) is 16.7 Å². The fourth-order valence-corrected chi connectivity index (χ4v) is 3.21. The van der Waals surface area contributed by atoms with Crippen LogP contribution in [0.2, 0.25) is 0 Å². The monoisotopic (exact) mass is 622 g/mol. The van der Waals surface area contributed by atoms with Gasteiger partial charge in [0, 0.05) is 6.07 Å². The van der Waals surface area contributed by atoms with Gasteiger partial charge in [0.1, 0.15) is 22.4 Å². The largest absolute Gasteiger partial charge is 0.453 e. The number of hydrogen-bond acceptors (Lipinski definition) is 4. The van der Waals surface area contributed by atoms with E-state index in [2.05, 4.69) is 9.47 Å². The summed E-state index contributed by atoms with van der Waals surface area (Å²) < 4.78 is 227. The normalized spacial score (nSPS) is 12.6. The molecule has 4 nitrogen and oxygen atoms in total. The summed E-state index contributed by atoms with van der Waals surface area (Å²) in [6.07, 6.45) is -17.7. The number of hydrogen-bond donors (Lipinski definition) is 2. The molecule has 0 unspecified atom stereocenters. The fraction of sp³-hybridized carbons (Fsp3) is 0.143. The lowest BCUT2D eigenvalue weighted by molar-refractivity contribution is -0.140. The van der Waals surface area contributed by atoms with E-state index in [4.69, 9.17) is 11.5 Å². The van der Waals surface area contributed by atoms with Crippen LogP contribution in [-0.4, -0.2) is 0 Å². The number of nitrogen functional groups attached to an aromatic ring is 2. The van der Waals surface area contributed by atoms with E-state index in [1.807, 2.05) is 0 Å². The van der Waals surface area contributed by atoms with Crippen molar-refractivity contribution in [3.63, 3.8) is 0 Å². The van der Waals surface area contributed by atoms with E-state index in [1.54, 1.807) is 0 Å². The molecule has 0 amide bonds. The van der Waals surface area contributed by atoms with Gasteiger partial charge in [-0.05, 0) is 6.07 Å². The van der Waals surface area contributed by atoms with E-state index in [0.717, 1.165) is 0 Å². The summed E-state index contributed by atoms with van der Waals surface area (Å²) in [5.41, 5.74) is -2.64. The highest BCUT2D eigenvalue weighted by atomic mass is 19.4. The Morgan fingerprint density at radius 3 is 1.17 bits per heavy atom. The number of halogens is 16. The van der Waals surface area contributed by atoms with Crippen molar-refractivity contribution in [1.29, 1.82) is 0 Å². The van der Waals surface area contributed by atoms with Crippen molar-refractivity contribution in [2.24, 2.45) is 0 Å². The zero-order valence-corrected chi connectivity index (χ0v) is 18.7. The maximum Gasteiger partial charge on any atom is 0.422 e. The van der Waals surface area contributed by atoms with E-state index in [9.17, 15) is 70.2 Å². The second-order valence-electron chi connectivity index (χ2n) is 7.60. The molecule has 0 aliphatic carbocycles. The summed E-state index contributed by atoms with van der Waals surface area (Å²) in [5.74, 6) is -28.1. The third-order valence-corrected chi connectivity index (χ3v) is 4.97. The maximum absolute atomic E-state index is 14.5. The maximum atomic E-state index is 14.5. The molecule has 3 aromatic rings. The van der Waals surface area contributed by atoms with E-state index in [1.165, 1.54) is 0 Å². The SMILES string of the molecule is Nc1c(F)c(F)c(F)c(Oc2cc(Oc3c(F)c(F)c(F)c(N)c3C(F)(F)F)c(C(F)(F)F)cc2F)c1C(F)(F)F. The molecule has 224 valence electrons. The van der Waals surface area contributed by atoms with E-state index < -0.39 is 122 Å². The van der Waals surface area contributed by atoms with Crippen molar-refractivity contribution >= 4 is 11.4 Å². The molecule has 0 atom stereocenters. The van der Waals surface area contributed by atoms with Gasteiger partial charge in [-0.15, -0.1) is 0 Å². The van der Waals surface area contributed by atoms with Crippen LogP contribution >= 0.6 is 0 Å². The highest BCUT2D eigenvalue weighted by Gasteiger charge is 2.45. The summed E-state index contributed by atoms with van der Waals surface area (Å²) in [4.78, 5) is 0. The Bertz CT molecular complexity index is 1540. The summed E-state index contributed by atoms with van der Waals surface area (Å²) in [6.45, 7) is 0. The molecule has 0 aliphatic rings. The molecule has 0 spiro atoms. The Balaban J connectivity index is 2.35. The Hall–Kier alpha value is -4.26. The standard InChI is InChI=1S/C21H6F16N2O2/c22-4-1-3(19(29,30)31)5(40-17-7(20(32,33)34)15(38)11(25)9(23)13(17)27)2-6(4)41-18-8(21(35,36)37)16(39)12(26)10(24)14(18)28/h1-2H,38-39H2. The molecule has 0 radical (unpaired) electrons. The van der Waals surface area contributed by atoms with Gasteiger partial charge in [0.15, 0.2) is 46.3 Å². The van der Waals surface area contributed by atoms with Crippen molar-refractivity contribution in [3.8, 4) is 23.0 Å². The van der Waals surface area contributed by atoms with Gasteiger partial charge < -0.3 is 20.9 Å². The molecule has 41 heavy (non-hydrogen) atoms. The zero-order chi connectivity index (χ0) is 31.6. The molecule has 0 heterocycles. The molecule has 0 saturated heterocycles. The first-order chi connectivity index (χ1) is 18.5. The van der Waals surface area contributed by atoms with Gasteiger partial charge >= 0.3 is 18.5 Å². The van der Waals surface area contributed by atoms with Crippen molar-refractivity contribution in [2.75, 3.05) is 11.5 Å². The highest BCUT2D eigenvalue weighted by molar-refractivity contribution is 5.61. The van der Waals surface area contributed by atoms with Crippen LogP contribution in [0.3, 0.4) is 0 Å². The quantitative estimate of drug-likeness (QED) is 0.174. The number of alkyl halides is 9. The first-order valence-corrected chi connectivity index (χ1v) is 9.82. The minimum Gasteiger partial charge on any atom is -0.453 e. The molecular weight excluding hydrogens is 616 g/mol. The average molecular weight is 622 g/mol. The topological polar surface area (TPSA) is 70.5 Å². The van der Waals surface area contributed by atoms with Crippen molar-refractivity contribution in [3.05, 3.63) is 69.5 Å². The molecule has 20 heteroatoms. The van der Waals surface area contributed by atoms with E-state index in [-0.39, 0.29) is 0 Å². The van der Waals surface area contributed by atoms with Crippen molar-refractivity contribution in [1.82, 2.24) is 0 Å². The lowest BCUT2D eigenvalue weighted by Gasteiger charge is -2.21. The van der Waals surface area contributed by atoms with Crippen molar-refractivity contribution in [2.45, 2.75) is 18.5 Å². The lowest BCUT2D eigenvalue weighted by Crippen LogP contribution is -2.17. The summed E-state index contributed by atoms with van der Waals surface area (Å²) in [5, 5.41) is 0. The predicted octanol–water partition coefficient (Wildman–Crippen LogP) is 8.47. The number of benzene rings is 3. The summed E-state index contributed by atoms with van der Waals surface area (Å²) in [6, 6.07) is -1.26. The first kappa shape index (κ1) is 31.3. The number of rotatable bonds is 4. The van der Waals surface area contributed by atoms with Gasteiger partial charge in [-0.25, -0.2) is 22.0 Å². The third kappa shape index (κ3) is 5.53. The number of anilines is 2. The zero-order valence-electron chi connectivity index (χ0n) is 18.7. The van der Waals surface area contributed by atoms with Crippen molar-refractivity contribution < 1.29 is 79.7 Å². The lowest BCUT2D eigenvalue weighted by atomic mass is 10.1. The first-order valence-electron chi connectivity index (χ1n) is 9.82. The Kier molecular flexibility index (Phi) is 7.61. The Morgan fingerprint density at radius 1 is 0.463 bits per heavy atom. The Labute approximate surface area is 214 Å². The average Bonchev–Trinajstić information content (AvgIpc) is 2.82. The smallest absolute Gasteiger partial charge is 0.422 e. The van der Waals surface area contributed by atoms with Crippen LogP contribution in [0.25, 0.3) is 0 Å². The third-order valence-electron chi connectivity index (χ3n) is 4.97. The van der Waals surface area contributed by atoms with Gasteiger partial charge in [0.05, 0.1) is 11.4 Å². The van der Waals surface area contributed by atoms with Crippen LogP contribution in [-0.2, 0) is 18.5 Å².